The van der Waals surface area contributed by atoms with Gasteiger partial charge in [0.05, 0.1) is 0 Å². The Bertz CT molecular complexity index is 153. The van der Waals surface area contributed by atoms with E-state index in [1.165, 1.54) is 0 Å². The van der Waals surface area contributed by atoms with Crippen LogP contribution in [0.1, 0.15) is 68.7 Å². The van der Waals surface area contributed by atoms with Gasteiger partial charge in [-0.1, -0.05) is 62.3 Å². The molecule has 2 heteroatoms. The van der Waals surface area contributed by atoms with E-state index in [9.17, 15) is 4.79 Å². The molecule has 0 saturated heterocycles. The molecule has 0 aromatic carbocycles. The number of carbonyl (C=O) groups excluding carboxylic acids is 1. The van der Waals surface area contributed by atoms with Crippen LogP contribution in [-0.4, -0.2) is 23.9 Å². The Labute approximate surface area is 110 Å². The number of rotatable bonds is 5. The van der Waals surface area contributed by atoms with Gasteiger partial charge in [-0.25, -0.2) is 0 Å². The molecule has 0 spiro atoms. The maximum atomic E-state index is 11.7. The highest BCUT2D eigenvalue weighted by atomic mass is 16.2. The maximum Gasteiger partial charge on any atom is 0.225 e. The number of hydrogen-bond donors (Lipinski definition) is 0. The van der Waals surface area contributed by atoms with Gasteiger partial charge in [0.15, 0.2) is 0 Å². The van der Waals surface area contributed by atoms with E-state index >= 15 is 0 Å². The van der Waals surface area contributed by atoms with Gasteiger partial charge >= 0.3 is 0 Å². The Morgan fingerprint density at radius 3 is 1.65 bits per heavy atom. The van der Waals surface area contributed by atoms with Crippen molar-refractivity contribution in [3.8, 4) is 0 Å². The molecule has 0 aromatic rings. The summed E-state index contributed by atoms with van der Waals surface area (Å²) in [6, 6.07) is 0. The first-order chi connectivity index (χ1) is 7.99. The molecule has 0 aromatic heterocycles. The summed E-state index contributed by atoms with van der Waals surface area (Å²) >= 11 is 0. The summed E-state index contributed by atoms with van der Waals surface area (Å²) in [7, 11) is 0. The van der Waals surface area contributed by atoms with Crippen molar-refractivity contribution in [1.29, 1.82) is 0 Å². The molecule has 106 valence electrons. The molecule has 0 aliphatic rings. The quantitative estimate of drug-likeness (QED) is 0.694. The molecule has 0 unspecified atom stereocenters. The van der Waals surface area contributed by atoms with Crippen LogP contribution in [0.3, 0.4) is 0 Å². The minimum Gasteiger partial charge on any atom is -0.342 e. The molecule has 2 nitrogen and oxygen atoms in total. The van der Waals surface area contributed by atoms with Gasteiger partial charge in [0.1, 0.15) is 0 Å². The van der Waals surface area contributed by atoms with Crippen LogP contribution >= 0.6 is 0 Å². The third-order valence-electron chi connectivity index (χ3n) is 1.88. The average molecular weight is 245 g/mol. The fourth-order valence-electron chi connectivity index (χ4n) is 1.37. The lowest BCUT2D eigenvalue weighted by atomic mass is 10.1. The van der Waals surface area contributed by atoms with Crippen molar-refractivity contribution in [2.75, 3.05) is 13.1 Å². The molecule has 17 heavy (non-hydrogen) atoms. The van der Waals surface area contributed by atoms with Gasteiger partial charge in [-0.05, 0) is 12.3 Å². The topological polar surface area (TPSA) is 20.3 Å². The summed E-state index contributed by atoms with van der Waals surface area (Å²) in [6.45, 7) is 20.1. The van der Waals surface area contributed by atoms with Gasteiger partial charge in [-0.3, -0.25) is 4.79 Å². The second kappa shape index (κ2) is 15.5. The number of amides is 1. The van der Waals surface area contributed by atoms with Crippen molar-refractivity contribution in [3.63, 3.8) is 0 Å². The monoisotopic (exact) mass is 245 g/mol. The van der Waals surface area contributed by atoms with E-state index in [1.807, 2.05) is 46.4 Å². The number of nitrogens with zero attached hydrogens (tertiary/aromatic N) is 1. The second-order valence-electron chi connectivity index (χ2n) is 4.33. The Balaban J connectivity index is -0.000000439. The first kappa shape index (κ1) is 21.7. The molecule has 1 amide bonds. The zero-order valence-corrected chi connectivity index (χ0v) is 13.6. The summed E-state index contributed by atoms with van der Waals surface area (Å²) in [5.74, 6) is 0.982. The van der Waals surface area contributed by atoms with E-state index in [2.05, 4.69) is 20.8 Å². The van der Waals surface area contributed by atoms with E-state index in [4.69, 9.17) is 0 Å². The van der Waals surface area contributed by atoms with Gasteiger partial charge in [0, 0.05) is 19.0 Å². The highest BCUT2D eigenvalue weighted by molar-refractivity contribution is 5.78. The van der Waals surface area contributed by atoms with Crippen LogP contribution in [0.15, 0.2) is 0 Å². The molecule has 0 aliphatic heterocycles. The zero-order valence-electron chi connectivity index (χ0n) is 13.6. The van der Waals surface area contributed by atoms with E-state index in [-0.39, 0.29) is 11.8 Å². The standard InChI is InChI=1S/C11H23NO.2C2H6/c1-6-7-12(8-9(2)3)11(13)10(4)5;2*1-2/h9-10H,6-8H2,1-5H3;2*1-2H3. The largest absolute Gasteiger partial charge is 0.342 e. The summed E-state index contributed by atoms with van der Waals surface area (Å²) < 4.78 is 0. The van der Waals surface area contributed by atoms with E-state index < -0.39 is 0 Å². The molecule has 0 radical (unpaired) electrons. The van der Waals surface area contributed by atoms with E-state index in [0.717, 1.165) is 19.5 Å². The van der Waals surface area contributed by atoms with Crippen molar-refractivity contribution >= 4 is 5.91 Å². The normalized spacial score (nSPS) is 9.12. The van der Waals surface area contributed by atoms with Crippen LogP contribution in [0.4, 0.5) is 0 Å². The lowest BCUT2D eigenvalue weighted by molar-refractivity contribution is -0.135. The lowest BCUT2D eigenvalue weighted by Gasteiger charge is -2.25. The highest BCUT2D eigenvalue weighted by Gasteiger charge is 2.16. The molecule has 0 N–H and O–H groups in total. The van der Waals surface area contributed by atoms with Gasteiger partial charge in [-0.15, -0.1) is 0 Å². The van der Waals surface area contributed by atoms with Crippen molar-refractivity contribution < 1.29 is 4.79 Å². The van der Waals surface area contributed by atoms with Crippen molar-refractivity contribution in [2.24, 2.45) is 11.8 Å². The molecule has 0 bridgehead atoms. The lowest BCUT2D eigenvalue weighted by Crippen LogP contribution is -2.37. The molecule has 0 aliphatic carbocycles. The molecule has 0 saturated carbocycles. The summed E-state index contributed by atoms with van der Waals surface area (Å²) in [5, 5.41) is 0. The smallest absolute Gasteiger partial charge is 0.225 e. The predicted octanol–water partition coefficient (Wildman–Crippen LogP) is 4.59. The number of carbonyl (C=O) groups is 1. The van der Waals surface area contributed by atoms with E-state index in [0.29, 0.717) is 5.92 Å². The SMILES string of the molecule is CC.CC.CCCN(CC(C)C)C(=O)C(C)C. The number of hydrogen-bond acceptors (Lipinski definition) is 1. The van der Waals surface area contributed by atoms with Gasteiger partial charge < -0.3 is 4.90 Å². The van der Waals surface area contributed by atoms with Crippen molar-refractivity contribution in [2.45, 2.75) is 68.7 Å². The third kappa shape index (κ3) is 13.4. The van der Waals surface area contributed by atoms with Crippen LogP contribution in [-0.2, 0) is 4.79 Å². The Kier molecular flexibility index (Phi) is 19.8. The van der Waals surface area contributed by atoms with Crippen LogP contribution in [0.2, 0.25) is 0 Å². The fraction of sp³-hybridized carbons (Fsp3) is 0.933. The highest BCUT2D eigenvalue weighted by Crippen LogP contribution is 2.06. The molecular weight excluding hydrogens is 210 g/mol. The zero-order chi connectivity index (χ0) is 14.4. The third-order valence-corrected chi connectivity index (χ3v) is 1.88. The fourth-order valence-corrected chi connectivity index (χ4v) is 1.37. The summed E-state index contributed by atoms with van der Waals surface area (Å²) in [5.41, 5.74) is 0. The molecule has 0 fully saturated rings. The van der Waals surface area contributed by atoms with Crippen LogP contribution in [0.25, 0.3) is 0 Å². The second-order valence-corrected chi connectivity index (χ2v) is 4.33. The van der Waals surface area contributed by atoms with Gasteiger partial charge in [-0.2, -0.15) is 0 Å². The van der Waals surface area contributed by atoms with Gasteiger partial charge in [0.2, 0.25) is 5.91 Å². The van der Waals surface area contributed by atoms with Crippen LogP contribution in [0, 0.1) is 11.8 Å². The predicted molar refractivity (Wildman–Crippen MR) is 79.2 cm³/mol. The minimum absolute atomic E-state index is 0.130. The Morgan fingerprint density at radius 2 is 1.41 bits per heavy atom. The molecule has 0 heterocycles. The minimum atomic E-state index is 0.130. The van der Waals surface area contributed by atoms with Gasteiger partial charge in [0.25, 0.3) is 0 Å². The molecule has 0 rings (SSSR count). The van der Waals surface area contributed by atoms with Crippen molar-refractivity contribution in [1.82, 2.24) is 4.90 Å². The molecular formula is C15H35NO. The summed E-state index contributed by atoms with van der Waals surface area (Å²) in [6.07, 6.45) is 1.05. The Hall–Kier alpha value is -0.530. The average Bonchev–Trinajstić information content (AvgIpc) is 2.32. The molecule has 0 atom stereocenters. The first-order valence-corrected chi connectivity index (χ1v) is 7.27. The summed E-state index contributed by atoms with van der Waals surface area (Å²) in [4.78, 5) is 13.7. The van der Waals surface area contributed by atoms with Crippen molar-refractivity contribution in [3.05, 3.63) is 0 Å². The van der Waals surface area contributed by atoms with Crippen LogP contribution in [0.5, 0.6) is 0 Å². The van der Waals surface area contributed by atoms with E-state index in [1.54, 1.807) is 0 Å². The first-order valence-electron chi connectivity index (χ1n) is 7.27. The van der Waals surface area contributed by atoms with Crippen LogP contribution < -0.4 is 0 Å². The Morgan fingerprint density at radius 1 is 1.00 bits per heavy atom. The maximum absolute atomic E-state index is 11.7.